The summed E-state index contributed by atoms with van der Waals surface area (Å²) < 4.78 is 5.68. The first-order valence-corrected chi connectivity index (χ1v) is 5.57. The molecule has 1 saturated carbocycles. The van der Waals surface area contributed by atoms with E-state index in [2.05, 4.69) is 0 Å². The number of para-hydroxylation sites is 1. The van der Waals surface area contributed by atoms with Crippen LogP contribution in [0.15, 0.2) is 24.3 Å². The Bertz CT molecular complexity index is 327. The van der Waals surface area contributed by atoms with E-state index in [1.807, 2.05) is 18.2 Å². The summed E-state index contributed by atoms with van der Waals surface area (Å²) >= 11 is 0. The molecule has 2 nitrogen and oxygen atoms in total. The maximum atomic E-state index is 10.7. The van der Waals surface area contributed by atoms with Crippen molar-refractivity contribution in [1.82, 2.24) is 0 Å². The Morgan fingerprint density at radius 3 is 2.73 bits per heavy atom. The van der Waals surface area contributed by atoms with Crippen molar-refractivity contribution in [1.29, 1.82) is 0 Å². The van der Waals surface area contributed by atoms with Crippen LogP contribution in [-0.2, 0) is 0 Å². The molecule has 0 amide bonds. The zero-order chi connectivity index (χ0) is 10.5. The summed E-state index contributed by atoms with van der Waals surface area (Å²) in [5.41, 5.74) is 0.649. The van der Waals surface area contributed by atoms with Gasteiger partial charge >= 0.3 is 0 Å². The van der Waals surface area contributed by atoms with Crippen LogP contribution in [0.5, 0.6) is 5.75 Å². The van der Waals surface area contributed by atoms with Gasteiger partial charge < -0.3 is 4.74 Å². The van der Waals surface area contributed by atoms with E-state index in [9.17, 15) is 4.79 Å². The van der Waals surface area contributed by atoms with Gasteiger partial charge in [0.15, 0.2) is 6.29 Å². The lowest BCUT2D eigenvalue weighted by molar-refractivity contribution is 0.111. The molecule has 0 bridgehead atoms. The first-order valence-electron chi connectivity index (χ1n) is 5.57. The number of carbonyl (C=O) groups excluding carboxylic acids is 1. The van der Waals surface area contributed by atoms with Gasteiger partial charge in [0.05, 0.1) is 12.2 Å². The molecule has 2 rings (SSSR count). The van der Waals surface area contributed by atoms with E-state index in [4.69, 9.17) is 4.74 Å². The van der Waals surface area contributed by atoms with Crippen molar-refractivity contribution in [2.45, 2.75) is 25.7 Å². The fraction of sp³-hybridized carbons (Fsp3) is 0.462. The molecule has 0 spiro atoms. The molecule has 0 atom stereocenters. The van der Waals surface area contributed by atoms with Gasteiger partial charge in [-0.05, 0) is 30.9 Å². The molecule has 1 aromatic rings. The average molecular weight is 204 g/mol. The van der Waals surface area contributed by atoms with Crippen molar-refractivity contribution in [3.8, 4) is 5.75 Å². The molecule has 0 N–H and O–H groups in total. The predicted molar refractivity (Wildman–Crippen MR) is 59.3 cm³/mol. The molecule has 1 fully saturated rings. The second kappa shape index (κ2) is 4.96. The van der Waals surface area contributed by atoms with E-state index >= 15 is 0 Å². The Hall–Kier alpha value is -1.31. The van der Waals surface area contributed by atoms with Crippen LogP contribution in [0, 0.1) is 5.92 Å². The predicted octanol–water partition coefficient (Wildman–Crippen LogP) is 3.07. The Labute approximate surface area is 90.3 Å². The van der Waals surface area contributed by atoms with Crippen LogP contribution < -0.4 is 4.74 Å². The standard InChI is InChI=1S/C13H16O2/c14-9-12-7-3-4-8-13(12)15-10-11-5-1-2-6-11/h3-4,7-9,11H,1-2,5-6,10H2. The number of benzene rings is 1. The molecule has 0 radical (unpaired) electrons. The Morgan fingerprint density at radius 1 is 1.27 bits per heavy atom. The van der Waals surface area contributed by atoms with Crippen molar-refractivity contribution in [2.75, 3.05) is 6.61 Å². The molecule has 15 heavy (non-hydrogen) atoms. The van der Waals surface area contributed by atoms with E-state index in [1.54, 1.807) is 6.07 Å². The normalized spacial score (nSPS) is 16.5. The lowest BCUT2D eigenvalue weighted by Gasteiger charge is -2.12. The summed E-state index contributed by atoms with van der Waals surface area (Å²) in [4.78, 5) is 10.7. The van der Waals surface area contributed by atoms with Crippen LogP contribution in [0.25, 0.3) is 0 Å². The number of carbonyl (C=O) groups is 1. The summed E-state index contributed by atoms with van der Waals surface area (Å²) in [6.45, 7) is 0.755. The zero-order valence-electron chi connectivity index (χ0n) is 8.82. The van der Waals surface area contributed by atoms with Gasteiger partial charge in [0.1, 0.15) is 5.75 Å². The van der Waals surface area contributed by atoms with Gasteiger partial charge in [-0.2, -0.15) is 0 Å². The third kappa shape index (κ3) is 2.58. The third-order valence-corrected chi connectivity index (χ3v) is 3.00. The Balaban J connectivity index is 1.94. The molecular formula is C13H16O2. The largest absolute Gasteiger partial charge is 0.493 e. The lowest BCUT2D eigenvalue weighted by atomic mass is 10.1. The Kier molecular flexibility index (Phi) is 3.38. The van der Waals surface area contributed by atoms with E-state index in [0.29, 0.717) is 11.5 Å². The highest BCUT2D eigenvalue weighted by Crippen LogP contribution is 2.26. The number of aldehydes is 1. The highest BCUT2D eigenvalue weighted by Gasteiger charge is 2.15. The monoisotopic (exact) mass is 204 g/mol. The average Bonchev–Trinajstić information content (AvgIpc) is 2.79. The summed E-state index contributed by atoms with van der Waals surface area (Å²) in [5.74, 6) is 1.41. The van der Waals surface area contributed by atoms with Gasteiger partial charge in [0, 0.05) is 0 Å². The van der Waals surface area contributed by atoms with Gasteiger partial charge in [-0.3, -0.25) is 4.79 Å². The Morgan fingerprint density at radius 2 is 2.00 bits per heavy atom. The highest BCUT2D eigenvalue weighted by molar-refractivity contribution is 5.79. The fourth-order valence-corrected chi connectivity index (χ4v) is 2.09. The molecule has 80 valence electrons. The molecule has 1 aromatic carbocycles. The zero-order valence-corrected chi connectivity index (χ0v) is 8.82. The smallest absolute Gasteiger partial charge is 0.153 e. The van der Waals surface area contributed by atoms with Gasteiger partial charge in [0.25, 0.3) is 0 Å². The molecule has 0 aliphatic heterocycles. The van der Waals surface area contributed by atoms with Gasteiger partial charge in [0.2, 0.25) is 0 Å². The van der Waals surface area contributed by atoms with Crippen molar-refractivity contribution >= 4 is 6.29 Å². The van der Waals surface area contributed by atoms with Crippen LogP contribution in [0.1, 0.15) is 36.0 Å². The second-order valence-electron chi connectivity index (χ2n) is 4.12. The highest BCUT2D eigenvalue weighted by atomic mass is 16.5. The van der Waals surface area contributed by atoms with Gasteiger partial charge in [-0.25, -0.2) is 0 Å². The molecule has 1 aliphatic carbocycles. The minimum absolute atomic E-state index is 0.649. The van der Waals surface area contributed by atoms with Gasteiger partial charge in [-0.15, -0.1) is 0 Å². The molecule has 0 heterocycles. The summed E-state index contributed by atoms with van der Waals surface area (Å²) in [6.07, 6.45) is 6.03. The topological polar surface area (TPSA) is 26.3 Å². The van der Waals surface area contributed by atoms with Crippen LogP contribution in [0.3, 0.4) is 0 Å². The minimum Gasteiger partial charge on any atom is -0.493 e. The molecule has 2 heteroatoms. The molecule has 0 aromatic heterocycles. The van der Waals surface area contributed by atoms with Crippen molar-refractivity contribution in [3.63, 3.8) is 0 Å². The lowest BCUT2D eigenvalue weighted by Crippen LogP contribution is -2.08. The first-order chi connectivity index (χ1) is 7.40. The maximum absolute atomic E-state index is 10.7. The van der Waals surface area contributed by atoms with Crippen LogP contribution >= 0.6 is 0 Å². The van der Waals surface area contributed by atoms with Crippen molar-refractivity contribution in [3.05, 3.63) is 29.8 Å². The van der Waals surface area contributed by atoms with E-state index < -0.39 is 0 Å². The van der Waals surface area contributed by atoms with Crippen LogP contribution in [0.2, 0.25) is 0 Å². The number of rotatable bonds is 4. The molecular weight excluding hydrogens is 188 g/mol. The summed E-state index contributed by atoms with van der Waals surface area (Å²) in [5, 5.41) is 0. The molecule has 0 unspecified atom stereocenters. The van der Waals surface area contributed by atoms with E-state index in [1.165, 1.54) is 25.7 Å². The quantitative estimate of drug-likeness (QED) is 0.704. The number of hydrogen-bond acceptors (Lipinski definition) is 2. The first kappa shape index (κ1) is 10.2. The number of hydrogen-bond donors (Lipinski definition) is 0. The maximum Gasteiger partial charge on any atom is 0.153 e. The van der Waals surface area contributed by atoms with Crippen LogP contribution in [0.4, 0.5) is 0 Å². The third-order valence-electron chi connectivity index (χ3n) is 3.00. The fourth-order valence-electron chi connectivity index (χ4n) is 2.09. The van der Waals surface area contributed by atoms with E-state index in [-0.39, 0.29) is 0 Å². The summed E-state index contributed by atoms with van der Waals surface area (Å²) in [7, 11) is 0. The SMILES string of the molecule is O=Cc1ccccc1OCC1CCCC1. The van der Waals surface area contributed by atoms with Gasteiger partial charge in [-0.1, -0.05) is 25.0 Å². The summed E-state index contributed by atoms with van der Waals surface area (Å²) in [6, 6.07) is 7.40. The van der Waals surface area contributed by atoms with E-state index in [0.717, 1.165) is 18.6 Å². The molecule has 0 saturated heterocycles. The second-order valence-corrected chi connectivity index (χ2v) is 4.12. The minimum atomic E-state index is 0.649. The van der Waals surface area contributed by atoms with Crippen molar-refractivity contribution in [2.24, 2.45) is 5.92 Å². The molecule has 1 aliphatic rings. The van der Waals surface area contributed by atoms with Crippen molar-refractivity contribution < 1.29 is 9.53 Å². The van der Waals surface area contributed by atoms with Crippen LogP contribution in [-0.4, -0.2) is 12.9 Å². The number of ether oxygens (including phenoxy) is 1.